The summed E-state index contributed by atoms with van der Waals surface area (Å²) in [5.74, 6) is 0.892. The Kier molecular flexibility index (Phi) is 5.25. The molecule has 0 heterocycles. The van der Waals surface area contributed by atoms with Crippen molar-refractivity contribution in [3.63, 3.8) is 0 Å². The van der Waals surface area contributed by atoms with Crippen molar-refractivity contribution < 1.29 is 9.47 Å². The van der Waals surface area contributed by atoms with Gasteiger partial charge in [-0.15, -0.1) is 0 Å². The zero-order valence-corrected chi connectivity index (χ0v) is 10.7. The van der Waals surface area contributed by atoms with E-state index in [1.54, 1.807) is 7.11 Å². The Balaban J connectivity index is 2.72. The SMILES string of the molecule is CCCOC(I)c1ccccc1OC. The molecule has 0 amide bonds. The lowest BCUT2D eigenvalue weighted by atomic mass is 10.2. The first-order valence-electron chi connectivity index (χ1n) is 4.68. The minimum absolute atomic E-state index is 0.0729. The zero-order valence-electron chi connectivity index (χ0n) is 8.50. The van der Waals surface area contributed by atoms with Gasteiger partial charge in [0, 0.05) is 12.2 Å². The molecule has 78 valence electrons. The zero-order chi connectivity index (χ0) is 10.4. The molecule has 0 saturated heterocycles. The maximum atomic E-state index is 5.63. The van der Waals surface area contributed by atoms with Gasteiger partial charge in [0.05, 0.1) is 7.11 Å². The van der Waals surface area contributed by atoms with Crippen molar-refractivity contribution in [1.82, 2.24) is 0 Å². The van der Waals surface area contributed by atoms with E-state index in [0.29, 0.717) is 0 Å². The minimum Gasteiger partial charge on any atom is -0.496 e. The average molecular weight is 306 g/mol. The largest absolute Gasteiger partial charge is 0.496 e. The summed E-state index contributed by atoms with van der Waals surface area (Å²) in [4.78, 5) is 0. The smallest absolute Gasteiger partial charge is 0.137 e. The second-order valence-corrected chi connectivity index (χ2v) is 4.06. The lowest BCUT2D eigenvalue weighted by Gasteiger charge is -2.14. The van der Waals surface area contributed by atoms with Crippen LogP contribution in [0, 0.1) is 0 Å². The fourth-order valence-corrected chi connectivity index (χ4v) is 1.93. The summed E-state index contributed by atoms with van der Waals surface area (Å²) in [6, 6.07) is 7.95. The molecule has 0 aromatic heterocycles. The predicted octanol–water partition coefficient (Wildman–Crippen LogP) is 3.56. The van der Waals surface area contributed by atoms with Gasteiger partial charge in [0.25, 0.3) is 0 Å². The molecular weight excluding hydrogens is 291 g/mol. The number of alkyl halides is 1. The average Bonchev–Trinajstić information content (AvgIpc) is 2.25. The molecule has 1 unspecified atom stereocenters. The summed E-state index contributed by atoms with van der Waals surface area (Å²) in [6.07, 6.45) is 1.04. The van der Waals surface area contributed by atoms with Gasteiger partial charge in [0.15, 0.2) is 0 Å². The van der Waals surface area contributed by atoms with E-state index in [1.165, 1.54) is 0 Å². The van der Waals surface area contributed by atoms with Crippen LogP contribution in [0.15, 0.2) is 24.3 Å². The topological polar surface area (TPSA) is 18.5 Å². The van der Waals surface area contributed by atoms with E-state index >= 15 is 0 Å². The molecule has 1 atom stereocenters. The number of halogens is 1. The van der Waals surface area contributed by atoms with Crippen molar-refractivity contribution in [2.45, 2.75) is 17.5 Å². The van der Waals surface area contributed by atoms with E-state index in [0.717, 1.165) is 24.3 Å². The van der Waals surface area contributed by atoms with Crippen LogP contribution in [-0.4, -0.2) is 13.7 Å². The van der Waals surface area contributed by atoms with Crippen LogP contribution >= 0.6 is 22.6 Å². The van der Waals surface area contributed by atoms with Crippen LogP contribution in [0.25, 0.3) is 0 Å². The molecule has 0 saturated carbocycles. The highest BCUT2D eigenvalue weighted by molar-refractivity contribution is 14.1. The highest BCUT2D eigenvalue weighted by Gasteiger charge is 2.11. The number of para-hydroxylation sites is 1. The van der Waals surface area contributed by atoms with Gasteiger partial charge in [0.2, 0.25) is 0 Å². The number of hydrogen-bond donors (Lipinski definition) is 0. The summed E-state index contributed by atoms with van der Waals surface area (Å²) < 4.78 is 11.0. The van der Waals surface area contributed by atoms with E-state index in [9.17, 15) is 0 Å². The first-order valence-corrected chi connectivity index (χ1v) is 5.92. The van der Waals surface area contributed by atoms with Crippen LogP contribution in [0.3, 0.4) is 0 Å². The summed E-state index contributed by atoms with van der Waals surface area (Å²) in [5.41, 5.74) is 1.10. The summed E-state index contributed by atoms with van der Waals surface area (Å²) in [7, 11) is 1.68. The van der Waals surface area contributed by atoms with Crippen molar-refractivity contribution >= 4 is 22.6 Å². The first-order chi connectivity index (χ1) is 6.79. The minimum atomic E-state index is 0.0729. The molecule has 14 heavy (non-hydrogen) atoms. The second-order valence-electron chi connectivity index (χ2n) is 2.93. The Hall–Kier alpha value is -0.290. The highest BCUT2D eigenvalue weighted by Crippen LogP contribution is 2.32. The van der Waals surface area contributed by atoms with Crippen LogP contribution in [-0.2, 0) is 4.74 Å². The van der Waals surface area contributed by atoms with Gasteiger partial charge >= 0.3 is 0 Å². The second kappa shape index (κ2) is 6.24. The number of hydrogen-bond acceptors (Lipinski definition) is 2. The van der Waals surface area contributed by atoms with Crippen LogP contribution in [0.5, 0.6) is 5.75 Å². The van der Waals surface area contributed by atoms with Crippen LogP contribution in [0.1, 0.15) is 23.0 Å². The summed E-state index contributed by atoms with van der Waals surface area (Å²) >= 11 is 2.28. The Morgan fingerprint density at radius 3 is 2.71 bits per heavy atom. The van der Waals surface area contributed by atoms with Gasteiger partial charge in [-0.2, -0.15) is 0 Å². The Bertz CT molecular complexity index is 276. The van der Waals surface area contributed by atoms with Crippen LogP contribution < -0.4 is 4.74 Å². The quantitative estimate of drug-likeness (QED) is 0.612. The first kappa shape index (κ1) is 11.8. The fraction of sp³-hybridized carbons (Fsp3) is 0.455. The number of rotatable bonds is 5. The van der Waals surface area contributed by atoms with Crippen molar-refractivity contribution in [1.29, 1.82) is 0 Å². The third-order valence-electron chi connectivity index (χ3n) is 1.85. The summed E-state index contributed by atoms with van der Waals surface area (Å²) in [6.45, 7) is 2.89. The van der Waals surface area contributed by atoms with E-state index in [1.807, 2.05) is 24.3 Å². The lowest BCUT2D eigenvalue weighted by Crippen LogP contribution is -2.00. The molecule has 1 aromatic carbocycles. The molecule has 0 fully saturated rings. The van der Waals surface area contributed by atoms with Crippen molar-refractivity contribution in [2.75, 3.05) is 13.7 Å². The van der Waals surface area contributed by atoms with E-state index < -0.39 is 0 Å². The van der Waals surface area contributed by atoms with Crippen molar-refractivity contribution in [2.24, 2.45) is 0 Å². The third kappa shape index (κ3) is 3.13. The molecule has 0 bridgehead atoms. The normalized spacial score (nSPS) is 12.5. The van der Waals surface area contributed by atoms with Crippen molar-refractivity contribution in [3.8, 4) is 5.75 Å². The van der Waals surface area contributed by atoms with Crippen LogP contribution in [0.4, 0.5) is 0 Å². The molecule has 0 aliphatic rings. The Labute approximate surface area is 98.7 Å². The molecule has 3 heteroatoms. The van der Waals surface area contributed by atoms with Gasteiger partial charge < -0.3 is 9.47 Å². The lowest BCUT2D eigenvalue weighted by molar-refractivity contribution is 0.123. The molecule has 2 nitrogen and oxygen atoms in total. The van der Waals surface area contributed by atoms with Gasteiger partial charge in [-0.25, -0.2) is 0 Å². The highest BCUT2D eigenvalue weighted by atomic mass is 127. The Morgan fingerprint density at radius 2 is 2.07 bits per heavy atom. The summed E-state index contributed by atoms with van der Waals surface area (Å²) in [5, 5.41) is 0. The predicted molar refractivity (Wildman–Crippen MR) is 66.0 cm³/mol. The molecule has 1 rings (SSSR count). The van der Waals surface area contributed by atoms with Gasteiger partial charge in [-0.05, 0) is 35.1 Å². The van der Waals surface area contributed by atoms with E-state index in [-0.39, 0.29) is 4.11 Å². The molecule has 0 aliphatic heterocycles. The van der Waals surface area contributed by atoms with Gasteiger partial charge in [0.1, 0.15) is 9.86 Å². The Morgan fingerprint density at radius 1 is 1.36 bits per heavy atom. The third-order valence-corrected chi connectivity index (χ3v) is 2.88. The van der Waals surface area contributed by atoms with Gasteiger partial charge in [-0.1, -0.05) is 25.1 Å². The number of benzene rings is 1. The number of ether oxygens (including phenoxy) is 2. The standard InChI is InChI=1S/C11H15IO2/c1-3-8-14-11(12)9-6-4-5-7-10(9)13-2/h4-7,11H,3,8H2,1-2H3. The van der Waals surface area contributed by atoms with E-state index in [2.05, 4.69) is 29.5 Å². The maximum absolute atomic E-state index is 5.63. The molecule has 0 spiro atoms. The molecular formula is C11H15IO2. The molecule has 0 N–H and O–H groups in total. The number of methoxy groups -OCH3 is 1. The maximum Gasteiger partial charge on any atom is 0.137 e. The van der Waals surface area contributed by atoms with E-state index in [4.69, 9.17) is 9.47 Å². The monoisotopic (exact) mass is 306 g/mol. The van der Waals surface area contributed by atoms with Gasteiger partial charge in [-0.3, -0.25) is 0 Å². The van der Waals surface area contributed by atoms with Crippen LogP contribution in [0.2, 0.25) is 0 Å². The molecule has 0 radical (unpaired) electrons. The molecule has 0 aliphatic carbocycles. The van der Waals surface area contributed by atoms with Crippen molar-refractivity contribution in [3.05, 3.63) is 29.8 Å². The molecule has 1 aromatic rings. The fourth-order valence-electron chi connectivity index (χ4n) is 1.17.